The molecule has 0 saturated carbocycles. The molecule has 2 N–H and O–H groups in total. The van der Waals surface area contributed by atoms with Crippen LogP contribution in [0.3, 0.4) is 0 Å². The smallest absolute Gasteiger partial charge is 0.241 e. The van der Waals surface area contributed by atoms with Gasteiger partial charge in [0, 0.05) is 32.0 Å². The van der Waals surface area contributed by atoms with Crippen LogP contribution in [-0.4, -0.2) is 38.8 Å². The molecule has 1 fully saturated rings. The van der Waals surface area contributed by atoms with Crippen molar-refractivity contribution in [3.05, 3.63) is 29.8 Å². The molecule has 0 radical (unpaired) electrons. The highest BCUT2D eigenvalue weighted by atomic mass is 16.5. The third-order valence-electron chi connectivity index (χ3n) is 3.32. The average molecular weight is 264 g/mol. The Bertz CT molecular complexity index is 436. The molecule has 2 atom stereocenters. The number of carbonyl (C=O) groups is 1. The zero-order valence-corrected chi connectivity index (χ0v) is 11.3. The van der Waals surface area contributed by atoms with E-state index in [4.69, 9.17) is 9.47 Å². The highest BCUT2D eigenvalue weighted by Gasteiger charge is 2.29. The van der Waals surface area contributed by atoms with E-state index in [0.29, 0.717) is 19.6 Å². The molecule has 1 aromatic carbocycles. The number of hydrogen-bond donors (Lipinski definition) is 2. The van der Waals surface area contributed by atoms with Crippen LogP contribution in [0.1, 0.15) is 12.0 Å². The topological polar surface area (TPSA) is 59.6 Å². The van der Waals surface area contributed by atoms with Gasteiger partial charge in [-0.05, 0) is 12.5 Å². The van der Waals surface area contributed by atoms with Crippen LogP contribution >= 0.6 is 0 Å². The van der Waals surface area contributed by atoms with Gasteiger partial charge in [0.05, 0.1) is 18.8 Å². The fourth-order valence-corrected chi connectivity index (χ4v) is 2.23. The first-order valence-corrected chi connectivity index (χ1v) is 6.38. The van der Waals surface area contributed by atoms with Gasteiger partial charge < -0.3 is 20.1 Å². The highest BCUT2D eigenvalue weighted by Crippen LogP contribution is 2.18. The maximum Gasteiger partial charge on any atom is 0.241 e. The summed E-state index contributed by atoms with van der Waals surface area (Å²) in [5.74, 6) is -0.0249. The molecule has 1 aliphatic heterocycles. The van der Waals surface area contributed by atoms with Crippen molar-refractivity contribution in [2.24, 2.45) is 0 Å². The lowest BCUT2D eigenvalue weighted by Gasteiger charge is -2.14. The Morgan fingerprint density at radius 2 is 2.21 bits per heavy atom. The summed E-state index contributed by atoms with van der Waals surface area (Å²) in [6, 6.07) is 7.46. The van der Waals surface area contributed by atoms with Gasteiger partial charge in [-0.1, -0.05) is 18.2 Å². The van der Waals surface area contributed by atoms with Gasteiger partial charge in [0.25, 0.3) is 0 Å². The third-order valence-corrected chi connectivity index (χ3v) is 3.32. The fraction of sp³-hybridized carbons (Fsp3) is 0.500. The van der Waals surface area contributed by atoms with Gasteiger partial charge in [-0.25, -0.2) is 0 Å². The maximum atomic E-state index is 12.2. The normalized spacial score (nSPS) is 22.4. The molecule has 1 aromatic rings. The first-order chi connectivity index (χ1) is 9.24. The summed E-state index contributed by atoms with van der Waals surface area (Å²) in [5.41, 5.74) is 1.77. The lowest BCUT2D eigenvalue weighted by atomic mass is 10.1. The van der Waals surface area contributed by atoms with Crippen LogP contribution in [-0.2, 0) is 20.9 Å². The Labute approximate surface area is 113 Å². The molecular formula is C14H20N2O3. The van der Waals surface area contributed by atoms with Crippen molar-refractivity contribution >= 4 is 11.6 Å². The summed E-state index contributed by atoms with van der Waals surface area (Å²) in [5, 5.41) is 6.11. The summed E-state index contributed by atoms with van der Waals surface area (Å²) >= 11 is 0. The van der Waals surface area contributed by atoms with Crippen LogP contribution in [0.4, 0.5) is 5.69 Å². The molecule has 5 heteroatoms. The molecule has 104 valence electrons. The Hall–Kier alpha value is -1.43. The molecule has 1 amide bonds. The molecule has 1 saturated heterocycles. The summed E-state index contributed by atoms with van der Waals surface area (Å²) in [4.78, 5) is 12.2. The van der Waals surface area contributed by atoms with Gasteiger partial charge in [-0.15, -0.1) is 0 Å². The van der Waals surface area contributed by atoms with Crippen molar-refractivity contribution in [1.29, 1.82) is 0 Å². The molecule has 0 spiro atoms. The van der Waals surface area contributed by atoms with Crippen LogP contribution in [0.15, 0.2) is 24.3 Å². The third kappa shape index (κ3) is 3.53. The van der Waals surface area contributed by atoms with Crippen LogP contribution in [0, 0.1) is 0 Å². The van der Waals surface area contributed by atoms with Gasteiger partial charge in [-0.3, -0.25) is 4.79 Å². The van der Waals surface area contributed by atoms with Gasteiger partial charge in [0.2, 0.25) is 5.91 Å². The van der Waals surface area contributed by atoms with Gasteiger partial charge in [0.15, 0.2) is 0 Å². The number of para-hydroxylation sites is 1. The Morgan fingerprint density at radius 3 is 2.89 bits per heavy atom. The molecule has 2 rings (SSSR count). The zero-order valence-electron chi connectivity index (χ0n) is 11.3. The first-order valence-electron chi connectivity index (χ1n) is 6.38. The predicted molar refractivity (Wildman–Crippen MR) is 73.0 cm³/mol. The fourth-order valence-electron chi connectivity index (χ4n) is 2.23. The van der Waals surface area contributed by atoms with E-state index < -0.39 is 0 Å². The predicted octanol–water partition coefficient (Wildman–Crippen LogP) is 1.15. The van der Waals surface area contributed by atoms with Gasteiger partial charge in [0.1, 0.15) is 0 Å². The van der Waals surface area contributed by atoms with Crippen molar-refractivity contribution in [1.82, 2.24) is 5.32 Å². The number of nitrogens with one attached hydrogen (secondary N) is 2. The molecular weight excluding hydrogens is 244 g/mol. The monoisotopic (exact) mass is 264 g/mol. The molecule has 1 aliphatic rings. The Balaban J connectivity index is 1.99. The lowest BCUT2D eigenvalue weighted by Crippen LogP contribution is -2.35. The summed E-state index contributed by atoms with van der Waals surface area (Å²) in [6.07, 6.45) is 0.819. The minimum absolute atomic E-state index is 0.0249. The maximum absolute atomic E-state index is 12.2. The molecule has 0 bridgehead atoms. The molecule has 1 heterocycles. The molecule has 5 nitrogen and oxygen atoms in total. The van der Waals surface area contributed by atoms with Gasteiger partial charge in [-0.2, -0.15) is 0 Å². The number of hydrogen-bond acceptors (Lipinski definition) is 4. The number of rotatable bonds is 5. The van der Waals surface area contributed by atoms with E-state index in [1.165, 1.54) is 0 Å². The van der Waals surface area contributed by atoms with E-state index in [0.717, 1.165) is 11.3 Å². The van der Waals surface area contributed by atoms with E-state index in [2.05, 4.69) is 10.6 Å². The first kappa shape index (κ1) is 14.0. The average Bonchev–Trinajstić information content (AvgIpc) is 2.90. The Morgan fingerprint density at radius 1 is 1.42 bits per heavy atom. The van der Waals surface area contributed by atoms with E-state index >= 15 is 0 Å². The molecule has 0 aliphatic carbocycles. The van der Waals surface area contributed by atoms with Crippen molar-refractivity contribution in [3.8, 4) is 0 Å². The highest BCUT2D eigenvalue weighted by molar-refractivity contribution is 5.95. The SMILES string of the molecule is COCc1ccccc1NC(=O)C1CC(OC)CN1. The largest absolute Gasteiger partial charge is 0.380 e. The zero-order chi connectivity index (χ0) is 13.7. The van der Waals surface area contributed by atoms with E-state index in [-0.39, 0.29) is 18.1 Å². The standard InChI is InChI=1S/C14H20N2O3/c1-18-9-10-5-3-4-6-12(10)16-14(17)13-7-11(19-2)8-15-13/h3-6,11,13,15H,7-9H2,1-2H3,(H,16,17). The molecule has 2 unspecified atom stereocenters. The van der Waals surface area contributed by atoms with Crippen molar-refractivity contribution in [3.63, 3.8) is 0 Å². The molecule has 0 aromatic heterocycles. The minimum atomic E-state index is -0.194. The second kappa shape index (κ2) is 6.65. The number of anilines is 1. The summed E-state index contributed by atoms with van der Waals surface area (Å²) < 4.78 is 10.4. The van der Waals surface area contributed by atoms with Crippen molar-refractivity contribution in [2.45, 2.75) is 25.2 Å². The molecule has 19 heavy (non-hydrogen) atoms. The second-order valence-corrected chi connectivity index (χ2v) is 4.63. The quantitative estimate of drug-likeness (QED) is 0.837. The summed E-state index contributed by atoms with van der Waals surface area (Å²) in [6.45, 7) is 1.20. The van der Waals surface area contributed by atoms with Crippen LogP contribution in [0.2, 0.25) is 0 Å². The van der Waals surface area contributed by atoms with Crippen LogP contribution < -0.4 is 10.6 Å². The lowest BCUT2D eigenvalue weighted by molar-refractivity contribution is -0.118. The number of benzene rings is 1. The minimum Gasteiger partial charge on any atom is -0.380 e. The second-order valence-electron chi connectivity index (χ2n) is 4.63. The van der Waals surface area contributed by atoms with Crippen molar-refractivity contribution < 1.29 is 14.3 Å². The number of carbonyl (C=O) groups excluding carboxylic acids is 1. The van der Waals surface area contributed by atoms with E-state index in [1.54, 1.807) is 14.2 Å². The number of ether oxygens (including phenoxy) is 2. The van der Waals surface area contributed by atoms with Crippen molar-refractivity contribution in [2.75, 3.05) is 26.1 Å². The van der Waals surface area contributed by atoms with Crippen LogP contribution in [0.25, 0.3) is 0 Å². The summed E-state index contributed by atoms with van der Waals surface area (Å²) in [7, 11) is 3.31. The number of amides is 1. The van der Waals surface area contributed by atoms with Gasteiger partial charge >= 0.3 is 0 Å². The number of methoxy groups -OCH3 is 2. The van der Waals surface area contributed by atoms with E-state index in [1.807, 2.05) is 24.3 Å². The Kier molecular flexibility index (Phi) is 4.90. The van der Waals surface area contributed by atoms with Crippen LogP contribution in [0.5, 0.6) is 0 Å². The van der Waals surface area contributed by atoms with E-state index in [9.17, 15) is 4.79 Å².